The predicted molar refractivity (Wildman–Crippen MR) is 77.6 cm³/mol. The van der Waals surface area contributed by atoms with Crippen LogP contribution in [0.5, 0.6) is 0 Å². The fourth-order valence-corrected chi connectivity index (χ4v) is 2.74. The number of aromatic nitrogens is 3. The molecule has 1 aromatic heterocycles. The third-order valence-electron chi connectivity index (χ3n) is 2.88. The molecule has 0 amide bonds. The molecule has 7 heteroatoms. The first-order chi connectivity index (χ1) is 9.39. The number of para-hydroxylation sites is 1. The Morgan fingerprint density at radius 2 is 1.85 bits per heavy atom. The van der Waals surface area contributed by atoms with Crippen molar-refractivity contribution in [2.75, 3.05) is 0 Å². The standard InChI is InChI=1S/C13H16ClN3O2S/c1-10(2)8-9-12-15-16-13(20(14,18)19)17(12)11-6-4-3-5-7-11/h3-7,10H,8-9H2,1-2H3. The first kappa shape index (κ1) is 15.0. The molecule has 0 fully saturated rings. The highest BCUT2D eigenvalue weighted by molar-refractivity contribution is 8.13. The van der Waals surface area contributed by atoms with E-state index in [1.165, 1.54) is 4.57 Å². The lowest BCUT2D eigenvalue weighted by atomic mass is 10.1. The van der Waals surface area contributed by atoms with Gasteiger partial charge in [0, 0.05) is 22.8 Å². The molecule has 0 atom stereocenters. The quantitative estimate of drug-likeness (QED) is 0.796. The topological polar surface area (TPSA) is 64.8 Å². The van der Waals surface area contributed by atoms with E-state index in [4.69, 9.17) is 10.7 Å². The van der Waals surface area contributed by atoms with Crippen LogP contribution in [0.1, 0.15) is 26.1 Å². The minimum absolute atomic E-state index is 0.232. The Kier molecular flexibility index (Phi) is 4.45. The molecule has 0 N–H and O–H groups in total. The number of aryl methyl sites for hydroxylation is 1. The molecule has 0 radical (unpaired) electrons. The highest BCUT2D eigenvalue weighted by Crippen LogP contribution is 2.21. The normalized spacial score (nSPS) is 12.0. The zero-order valence-electron chi connectivity index (χ0n) is 11.3. The van der Waals surface area contributed by atoms with E-state index in [1.807, 2.05) is 18.2 Å². The summed E-state index contributed by atoms with van der Waals surface area (Å²) < 4.78 is 24.7. The minimum Gasteiger partial charge on any atom is -0.269 e. The summed E-state index contributed by atoms with van der Waals surface area (Å²) in [5, 5.41) is 7.48. The second-order valence-electron chi connectivity index (χ2n) is 4.94. The Hall–Kier alpha value is -1.40. The maximum atomic E-state index is 11.6. The predicted octanol–water partition coefficient (Wildman–Crippen LogP) is 2.78. The van der Waals surface area contributed by atoms with E-state index < -0.39 is 9.05 Å². The van der Waals surface area contributed by atoms with Gasteiger partial charge in [0.25, 0.3) is 14.2 Å². The molecule has 20 heavy (non-hydrogen) atoms. The van der Waals surface area contributed by atoms with Crippen molar-refractivity contribution in [3.63, 3.8) is 0 Å². The zero-order chi connectivity index (χ0) is 14.8. The van der Waals surface area contributed by atoms with Crippen molar-refractivity contribution in [3.05, 3.63) is 36.2 Å². The van der Waals surface area contributed by atoms with Gasteiger partial charge in [-0.05, 0) is 24.5 Å². The van der Waals surface area contributed by atoms with Gasteiger partial charge in [-0.2, -0.15) is 0 Å². The van der Waals surface area contributed by atoms with Crippen LogP contribution in [0.4, 0.5) is 0 Å². The molecule has 1 aromatic carbocycles. The van der Waals surface area contributed by atoms with Crippen LogP contribution in [0, 0.1) is 5.92 Å². The molecule has 2 rings (SSSR count). The minimum atomic E-state index is -3.94. The lowest BCUT2D eigenvalue weighted by Gasteiger charge is -2.09. The monoisotopic (exact) mass is 313 g/mol. The van der Waals surface area contributed by atoms with Gasteiger partial charge in [-0.3, -0.25) is 4.57 Å². The van der Waals surface area contributed by atoms with Crippen molar-refractivity contribution >= 4 is 19.7 Å². The summed E-state index contributed by atoms with van der Waals surface area (Å²) in [4.78, 5) is 0. The van der Waals surface area contributed by atoms with Crippen molar-refractivity contribution in [1.82, 2.24) is 14.8 Å². The summed E-state index contributed by atoms with van der Waals surface area (Å²) in [5.41, 5.74) is 0.690. The van der Waals surface area contributed by atoms with Gasteiger partial charge in [0.1, 0.15) is 5.82 Å². The fraction of sp³-hybridized carbons (Fsp3) is 0.385. The van der Waals surface area contributed by atoms with Crippen LogP contribution in [-0.4, -0.2) is 23.2 Å². The lowest BCUT2D eigenvalue weighted by Crippen LogP contribution is -2.08. The molecular formula is C13H16ClN3O2S. The number of halogens is 1. The molecule has 0 spiro atoms. The average Bonchev–Trinajstić information content (AvgIpc) is 2.81. The SMILES string of the molecule is CC(C)CCc1nnc(S(=O)(=O)Cl)n1-c1ccccc1. The number of rotatable bonds is 5. The summed E-state index contributed by atoms with van der Waals surface area (Å²) in [7, 11) is 1.50. The highest BCUT2D eigenvalue weighted by Gasteiger charge is 2.23. The van der Waals surface area contributed by atoms with Crippen LogP contribution in [-0.2, 0) is 15.5 Å². The van der Waals surface area contributed by atoms with Crippen molar-refractivity contribution in [2.24, 2.45) is 5.92 Å². The molecule has 0 saturated heterocycles. The van der Waals surface area contributed by atoms with Crippen molar-refractivity contribution in [1.29, 1.82) is 0 Å². The maximum Gasteiger partial charge on any atom is 0.297 e. The first-order valence-corrected chi connectivity index (χ1v) is 8.65. The average molecular weight is 314 g/mol. The van der Waals surface area contributed by atoms with Crippen molar-refractivity contribution in [2.45, 2.75) is 31.8 Å². The van der Waals surface area contributed by atoms with Gasteiger partial charge < -0.3 is 0 Å². The van der Waals surface area contributed by atoms with Crippen LogP contribution in [0.25, 0.3) is 5.69 Å². The number of nitrogens with zero attached hydrogens (tertiary/aromatic N) is 3. The molecule has 0 aliphatic heterocycles. The zero-order valence-corrected chi connectivity index (χ0v) is 12.9. The molecule has 0 unspecified atom stereocenters. The smallest absolute Gasteiger partial charge is 0.269 e. The summed E-state index contributed by atoms with van der Waals surface area (Å²) >= 11 is 0. The third kappa shape index (κ3) is 3.37. The first-order valence-electron chi connectivity index (χ1n) is 6.34. The number of hydrogen-bond donors (Lipinski definition) is 0. The molecule has 0 bridgehead atoms. The van der Waals surface area contributed by atoms with E-state index in [0.29, 0.717) is 23.9 Å². The van der Waals surface area contributed by atoms with E-state index in [-0.39, 0.29) is 5.16 Å². The third-order valence-corrected chi connectivity index (χ3v) is 3.99. The maximum absolute atomic E-state index is 11.6. The summed E-state index contributed by atoms with van der Waals surface area (Å²) in [6.45, 7) is 4.20. The van der Waals surface area contributed by atoms with E-state index >= 15 is 0 Å². The van der Waals surface area contributed by atoms with Gasteiger partial charge in [-0.1, -0.05) is 32.0 Å². The summed E-state index contributed by atoms with van der Waals surface area (Å²) in [6.07, 6.45) is 1.54. The van der Waals surface area contributed by atoms with Crippen molar-refractivity contribution in [3.8, 4) is 5.69 Å². The molecule has 5 nitrogen and oxygen atoms in total. The fourth-order valence-electron chi connectivity index (χ4n) is 1.87. The molecule has 2 aromatic rings. The second kappa shape index (κ2) is 5.93. The molecule has 0 aliphatic rings. The lowest BCUT2D eigenvalue weighted by molar-refractivity contribution is 0.567. The van der Waals surface area contributed by atoms with Gasteiger partial charge >= 0.3 is 0 Å². The van der Waals surface area contributed by atoms with Gasteiger partial charge in [-0.15, -0.1) is 10.2 Å². The van der Waals surface area contributed by atoms with Crippen LogP contribution < -0.4 is 0 Å². The largest absolute Gasteiger partial charge is 0.297 e. The number of hydrogen-bond acceptors (Lipinski definition) is 4. The Labute approximate surface area is 123 Å². The van der Waals surface area contributed by atoms with Crippen LogP contribution in [0.2, 0.25) is 0 Å². The van der Waals surface area contributed by atoms with Gasteiger partial charge in [0.2, 0.25) is 0 Å². The van der Waals surface area contributed by atoms with Crippen LogP contribution >= 0.6 is 10.7 Å². The molecule has 1 heterocycles. The summed E-state index contributed by atoms with van der Waals surface area (Å²) in [6, 6.07) is 9.11. The van der Waals surface area contributed by atoms with E-state index in [0.717, 1.165) is 6.42 Å². The van der Waals surface area contributed by atoms with Crippen molar-refractivity contribution < 1.29 is 8.42 Å². The van der Waals surface area contributed by atoms with Gasteiger partial charge in [0.15, 0.2) is 0 Å². The van der Waals surface area contributed by atoms with Gasteiger partial charge in [-0.25, -0.2) is 8.42 Å². The molecule has 108 valence electrons. The Bertz CT molecular complexity index is 681. The molecule has 0 aliphatic carbocycles. The molecule has 0 saturated carbocycles. The van der Waals surface area contributed by atoms with Crippen LogP contribution in [0.3, 0.4) is 0 Å². The second-order valence-corrected chi connectivity index (χ2v) is 7.40. The Morgan fingerprint density at radius 1 is 1.20 bits per heavy atom. The van der Waals surface area contributed by atoms with E-state index in [1.54, 1.807) is 12.1 Å². The Balaban J connectivity index is 2.52. The van der Waals surface area contributed by atoms with Gasteiger partial charge in [0.05, 0.1) is 0 Å². The highest BCUT2D eigenvalue weighted by atomic mass is 35.7. The number of benzene rings is 1. The van der Waals surface area contributed by atoms with E-state index in [2.05, 4.69) is 24.0 Å². The summed E-state index contributed by atoms with van der Waals surface area (Å²) in [5.74, 6) is 1.09. The molecular weight excluding hydrogens is 298 g/mol. The van der Waals surface area contributed by atoms with E-state index in [9.17, 15) is 8.42 Å². The van der Waals surface area contributed by atoms with Crippen LogP contribution in [0.15, 0.2) is 35.5 Å². The Morgan fingerprint density at radius 3 is 2.40 bits per heavy atom.